The number of allylic oxidation sites excluding steroid dienone is 1. The van der Waals surface area contributed by atoms with Gasteiger partial charge in [-0.3, -0.25) is 9.69 Å². The van der Waals surface area contributed by atoms with E-state index in [0.717, 1.165) is 44.6 Å². The number of thioether (sulfide) groups is 1. The van der Waals surface area contributed by atoms with E-state index in [1.165, 1.54) is 6.21 Å². The molecule has 3 aromatic carbocycles. The number of halogens is 3. The third-order valence-electron chi connectivity index (χ3n) is 9.18. The van der Waals surface area contributed by atoms with Crippen LogP contribution in [0.4, 0.5) is 8.78 Å². The van der Waals surface area contributed by atoms with Crippen LogP contribution in [0.1, 0.15) is 58.7 Å². The number of aromatic carboxylic acids is 1. The van der Waals surface area contributed by atoms with E-state index in [1.807, 2.05) is 42.5 Å². The molecule has 1 saturated heterocycles. The number of hydrogen-bond acceptors (Lipinski definition) is 6. The number of benzene rings is 3. The molecule has 0 aliphatic carbocycles. The number of carboxylic acids is 1. The van der Waals surface area contributed by atoms with Gasteiger partial charge in [-0.05, 0) is 67.0 Å². The van der Waals surface area contributed by atoms with Crippen LogP contribution in [0.15, 0.2) is 70.3 Å². The number of hydrogen-bond donors (Lipinski definition) is 1. The molecule has 0 saturated carbocycles. The zero-order valence-electron chi connectivity index (χ0n) is 27.3. The number of hydrazone groups is 1. The molecular weight excluding hydrogens is 668 g/mol. The van der Waals surface area contributed by atoms with Crippen molar-refractivity contribution in [2.24, 2.45) is 19.2 Å². The van der Waals surface area contributed by atoms with Crippen molar-refractivity contribution in [1.29, 1.82) is 0 Å². The van der Waals surface area contributed by atoms with E-state index in [2.05, 4.69) is 16.3 Å². The maximum atomic E-state index is 15.2. The second-order valence-corrected chi connectivity index (χ2v) is 14.0. The van der Waals surface area contributed by atoms with Gasteiger partial charge < -0.3 is 14.4 Å². The van der Waals surface area contributed by atoms with Crippen molar-refractivity contribution in [1.82, 2.24) is 19.4 Å². The van der Waals surface area contributed by atoms with Gasteiger partial charge in [0.25, 0.3) is 5.92 Å². The van der Waals surface area contributed by atoms with E-state index in [4.69, 9.17) is 16.3 Å². The van der Waals surface area contributed by atoms with Crippen LogP contribution in [0.2, 0.25) is 5.02 Å². The molecule has 254 valence electrons. The molecule has 8 bridgehead atoms. The van der Waals surface area contributed by atoms with Gasteiger partial charge in [-0.15, -0.1) is 11.8 Å². The summed E-state index contributed by atoms with van der Waals surface area (Å²) in [5.41, 5.74) is 4.30. The predicted molar refractivity (Wildman–Crippen MR) is 191 cm³/mol. The smallest absolute Gasteiger partial charge is 0.352 e. The van der Waals surface area contributed by atoms with E-state index in [-0.39, 0.29) is 5.69 Å². The number of ether oxygens (including phenoxy) is 1. The lowest BCUT2D eigenvalue weighted by Crippen LogP contribution is -2.21. The summed E-state index contributed by atoms with van der Waals surface area (Å²) in [7, 11) is 3.52. The van der Waals surface area contributed by atoms with Crippen LogP contribution >= 0.6 is 23.4 Å². The van der Waals surface area contributed by atoms with Crippen LogP contribution < -0.4 is 4.74 Å². The minimum atomic E-state index is -3.04. The maximum Gasteiger partial charge on any atom is 0.352 e. The average molecular weight is 704 g/mol. The quantitative estimate of drug-likeness (QED) is 0.188. The molecule has 2 aliphatic heterocycles. The SMILES string of the molecule is Cn1nc2cc1CSc1cc(c3ccccc3c1)OCCCc1c(C(=O)O)n(C)c3c(c(Cl)ccc13)/C=C1\CCCN1/N=C/CC(F)(F)C2. The molecule has 0 atom stereocenters. The number of alkyl halides is 2. The van der Waals surface area contributed by atoms with Gasteiger partial charge in [0.2, 0.25) is 0 Å². The highest BCUT2D eigenvalue weighted by Crippen LogP contribution is 2.37. The number of fused-ring (bicyclic) bond motifs is 7. The summed E-state index contributed by atoms with van der Waals surface area (Å²) in [4.78, 5) is 13.6. The van der Waals surface area contributed by atoms with Crippen LogP contribution in [0, 0.1) is 0 Å². The van der Waals surface area contributed by atoms with Crippen LogP contribution in [0.5, 0.6) is 5.75 Å². The number of carbonyl (C=O) groups is 1. The Labute approximate surface area is 292 Å². The van der Waals surface area contributed by atoms with Gasteiger partial charge in [-0.2, -0.15) is 10.2 Å². The van der Waals surface area contributed by atoms with Crippen molar-refractivity contribution in [2.75, 3.05) is 13.2 Å². The minimum absolute atomic E-state index is 0.202. The molecule has 49 heavy (non-hydrogen) atoms. The lowest BCUT2D eigenvalue weighted by molar-refractivity contribution is 0.00928. The summed E-state index contributed by atoms with van der Waals surface area (Å²) in [5, 5.41) is 24.2. The fourth-order valence-electron chi connectivity index (χ4n) is 6.86. The van der Waals surface area contributed by atoms with Crippen LogP contribution in [0.25, 0.3) is 27.8 Å². The molecule has 0 radical (unpaired) electrons. The van der Waals surface area contributed by atoms with Crippen LogP contribution in [-0.4, -0.2) is 55.7 Å². The van der Waals surface area contributed by atoms with Gasteiger partial charge in [0.05, 0.1) is 24.2 Å². The molecular formula is C37H36ClF2N5O3S. The van der Waals surface area contributed by atoms with Crippen LogP contribution in [-0.2, 0) is 32.7 Å². The lowest BCUT2D eigenvalue weighted by Gasteiger charge is -2.16. The Balaban J connectivity index is 1.29. The molecule has 0 spiro atoms. The van der Waals surface area contributed by atoms with E-state index < -0.39 is 24.7 Å². The van der Waals surface area contributed by atoms with Crippen LogP contribution in [0.3, 0.4) is 0 Å². The topological polar surface area (TPSA) is 84.9 Å². The Morgan fingerprint density at radius 3 is 2.73 bits per heavy atom. The maximum absolute atomic E-state index is 15.2. The fraction of sp³-hybridized carbons (Fsp3) is 0.324. The van der Waals surface area contributed by atoms with E-state index in [0.29, 0.717) is 65.5 Å². The van der Waals surface area contributed by atoms with Crippen molar-refractivity contribution in [3.8, 4) is 5.75 Å². The van der Waals surface area contributed by atoms with Gasteiger partial charge in [-0.25, -0.2) is 13.6 Å². The number of rotatable bonds is 1. The highest BCUT2D eigenvalue weighted by atomic mass is 35.5. The van der Waals surface area contributed by atoms with Gasteiger partial charge in [0, 0.05) is 76.7 Å². The molecule has 5 aromatic rings. The molecule has 4 heterocycles. The van der Waals surface area contributed by atoms with Gasteiger partial charge in [-0.1, -0.05) is 41.9 Å². The molecule has 8 nitrogen and oxygen atoms in total. The monoisotopic (exact) mass is 703 g/mol. The first kappa shape index (κ1) is 33.2. The second kappa shape index (κ2) is 13.5. The third kappa shape index (κ3) is 6.78. The first-order valence-corrected chi connectivity index (χ1v) is 17.7. The minimum Gasteiger partial charge on any atom is -0.493 e. The van der Waals surface area contributed by atoms with Crippen molar-refractivity contribution in [3.63, 3.8) is 0 Å². The number of aryl methyl sites for hydroxylation is 3. The molecule has 1 fully saturated rings. The van der Waals surface area contributed by atoms with Crippen molar-refractivity contribution in [3.05, 3.63) is 93.5 Å². The average Bonchev–Trinajstić information content (AvgIpc) is 3.73. The van der Waals surface area contributed by atoms with Crippen molar-refractivity contribution in [2.45, 2.75) is 55.1 Å². The lowest BCUT2D eigenvalue weighted by atomic mass is 10.0. The standard InChI is InChI=1S/C37H36ClF2N5O3S/c1-43-34-30-11-12-32(38)31(34)19-25-8-5-15-45(25)41-14-13-37(39,40)21-24-18-26(44(2)42-24)22-49-27-17-23-7-3-4-9-28(23)33(20-27)48-16-6-10-29(30)35(43)36(46)47/h3-4,7,9,11-12,14,17-20H,5-6,8,10,13,15-16,21-22H2,1-2H3,(H,46,47)/b25-19+,41-14+. The molecule has 2 aromatic heterocycles. The largest absolute Gasteiger partial charge is 0.493 e. The Bertz CT molecular complexity index is 2140. The molecule has 12 heteroatoms. The second-order valence-electron chi connectivity index (χ2n) is 12.6. The zero-order chi connectivity index (χ0) is 34.3. The first-order valence-electron chi connectivity index (χ1n) is 16.3. The molecule has 0 unspecified atom stereocenters. The fourth-order valence-corrected chi connectivity index (χ4v) is 8.06. The Kier molecular flexibility index (Phi) is 9.15. The number of carboxylic acid groups (broad SMARTS) is 1. The summed E-state index contributed by atoms with van der Waals surface area (Å²) in [6, 6.07) is 17.5. The van der Waals surface area contributed by atoms with Gasteiger partial charge >= 0.3 is 5.97 Å². The Morgan fingerprint density at radius 2 is 1.90 bits per heavy atom. The van der Waals surface area contributed by atoms with E-state index >= 15 is 8.78 Å². The highest BCUT2D eigenvalue weighted by Gasteiger charge is 2.30. The summed E-state index contributed by atoms with van der Waals surface area (Å²) < 4.78 is 40.1. The zero-order valence-corrected chi connectivity index (χ0v) is 28.8. The molecule has 2 aliphatic rings. The number of aromatic nitrogens is 3. The Morgan fingerprint density at radius 1 is 1.06 bits per heavy atom. The summed E-state index contributed by atoms with van der Waals surface area (Å²) in [6.07, 6.45) is 4.73. The summed E-state index contributed by atoms with van der Waals surface area (Å²) in [6.45, 7) is 0.962. The van der Waals surface area contributed by atoms with Crippen molar-refractivity contribution >= 4 is 63.3 Å². The van der Waals surface area contributed by atoms with Gasteiger partial charge in [0.15, 0.2) is 0 Å². The van der Waals surface area contributed by atoms with E-state index in [9.17, 15) is 9.90 Å². The number of nitrogens with zero attached hydrogens (tertiary/aromatic N) is 5. The third-order valence-corrected chi connectivity index (χ3v) is 10.5. The molecule has 7 rings (SSSR count). The summed E-state index contributed by atoms with van der Waals surface area (Å²) in [5.74, 6) is -2.78. The highest BCUT2D eigenvalue weighted by molar-refractivity contribution is 7.98. The van der Waals surface area contributed by atoms with Gasteiger partial charge in [0.1, 0.15) is 11.4 Å². The normalized spacial score (nSPS) is 18.9. The van der Waals surface area contributed by atoms with Crippen molar-refractivity contribution < 1.29 is 23.4 Å². The first-order chi connectivity index (χ1) is 23.6. The molecule has 0 amide bonds. The van der Waals surface area contributed by atoms with E-state index in [1.54, 1.807) is 52.2 Å². The molecule has 1 N–H and O–H groups in total. The predicted octanol–water partition coefficient (Wildman–Crippen LogP) is 8.72. The summed E-state index contributed by atoms with van der Waals surface area (Å²) >= 11 is 8.35. The Hall–Kier alpha value is -4.35.